The summed E-state index contributed by atoms with van der Waals surface area (Å²) in [6.07, 6.45) is 0.173. The van der Waals surface area contributed by atoms with E-state index in [0.29, 0.717) is 23.7 Å². The number of rotatable bonds is 8. The van der Waals surface area contributed by atoms with E-state index >= 15 is 0 Å². The van der Waals surface area contributed by atoms with Crippen molar-refractivity contribution in [1.82, 2.24) is 4.90 Å². The van der Waals surface area contributed by atoms with Gasteiger partial charge in [-0.1, -0.05) is 48.0 Å². The molecule has 25 heavy (non-hydrogen) atoms. The Morgan fingerprint density at radius 1 is 1.28 bits per heavy atom. The Hall–Kier alpha value is -1.95. The van der Waals surface area contributed by atoms with Crippen molar-refractivity contribution in [1.29, 1.82) is 0 Å². The average Bonchev–Trinajstić information content (AvgIpc) is 2.61. The van der Waals surface area contributed by atoms with Gasteiger partial charge in [0.15, 0.2) is 0 Å². The van der Waals surface area contributed by atoms with Crippen LogP contribution in [0, 0.1) is 5.82 Å². The van der Waals surface area contributed by atoms with Gasteiger partial charge in [0, 0.05) is 37.7 Å². The van der Waals surface area contributed by atoms with Gasteiger partial charge in [0.1, 0.15) is 5.82 Å². The Kier molecular flexibility index (Phi) is 7.37. The Labute approximate surface area is 152 Å². The van der Waals surface area contributed by atoms with Gasteiger partial charge in [0.25, 0.3) is 0 Å². The van der Waals surface area contributed by atoms with Gasteiger partial charge in [-0.3, -0.25) is 4.79 Å². The van der Waals surface area contributed by atoms with Gasteiger partial charge in [-0.15, -0.1) is 0 Å². The van der Waals surface area contributed by atoms with E-state index in [1.165, 1.54) is 12.1 Å². The molecule has 134 valence electrons. The minimum Gasteiger partial charge on any atom is -0.383 e. The number of nitrogens with zero attached hydrogens (tertiary/aromatic N) is 1. The van der Waals surface area contributed by atoms with Crippen LogP contribution < -0.4 is 5.73 Å². The highest BCUT2D eigenvalue weighted by Crippen LogP contribution is 2.21. The Morgan fingerprint density at radius 2 is 2.00 bits per heavy atom. The lowest BCUT2D eigenvalue weighted by Crippen LogP contribution is -2.35. The summed E-state index contributed by atoms with van der Waals surface area (Å²) in [5, 5.41) is 0.294. The summed E-state index contributed by atoms with van der Waals surface area (Å²) in [5.74, 6) is -0.511. The SMILES string of the molecule is COCCN(Cc1ccc(F)cc1Cl)C(=O)CC(N)c1ccccc1. The molecule has 2 rings (SSSR count). The molecule has 2 aromatic rings. The molecule has 4 nitrogen and oxygen atoms in total. The van der Waals surface area contributed by atoms with Crippen LogP contribution in [-0.2, 0) is 16.1 Å². The normalized spacial score (nSPS) is 12.0. The van der Waals surface area contributed by atoms with Crippen molar-refractivity contribution >= 4 is 17.5 Å². The zero-order chi connectivity index (χ0) is 18.2. The summed E-state index contributed by atoms with van der Waals surface area (Å²) in [5.41, 5.74) is 7.74. The highest BCUT2D eigenvalue weighted by Gasteiger charge is 2.19. The molecule has 0 saturated carbocycles. The van der Waals surface area contributed by atoms with Gasteiger partial charge >= 0.3 is 0 Å². The second kappa shape index (κ2) is 9.51. The molecule has 2 aromatic carbocycles. The van der Waals surface area contributed by atoms with E-state index in [9.17, 15) is 9.18 Å². The number of carbonyl (C=O) groups excluding carboxylic acids is 1. The predicted octanol–water partition coefficient (Wildman–Crippen LogP) is 3.54. The maximum absolute atomic E-state index is 13.2. The molecule has 1 amide bonds. The second-order valence-corrected chi connectivity index (χ2v) is 6.17. The van der Waals surface area contributed by atoms with E-state index in [4.69, 9.17) is 22.1 Å². The zero-order valence-electron chi connectivity index (χ0n) is 14.1. The third-order valence-electron chi connectivity index (χ3n) is 3.92. The molecule has 6 heteroatoms. The fourth-order valence-corrected chi connectivity index (χ4v) is 2.71. The summed E-state index contributed by atoms with van der Waals surface area (Å²) in [6, 6.07) is 13.2. The van der Waals surface area contributed by atoms with Gasteiger partial charge in [-0.2, -0.15) is 0 Å². The summed E-state index contributed by atoms with van der Waals surface area (Å²) in [4.78, 5) is 14.3. The monoisotopic (exact) mass is 364 g/mol. The molecule has 0 radical (unpaired) electrons. The number of carbonyl (C=O) groups is 1. The third-order valence-corrected chi connectivity index (χ3v) is 4.27. The number of hydrogen-bond acceptors (Lipinski definition) is 3. The lowest BCUT2D eigenvalue weighted by molar-refractivity contribution is -0.132. The van der Waals surface area contributed by atoms with Gasteiger partial charge in [-0.25, -0.2) is 4.39 Å². The standard InChI is InChI=1S/C19H22ClFN2O2/c1-25-10-9-23(13-15-7-8-16(21)11-17(15)20)19(24)12-18(22)14-5-3-2-4-6-14/h2-8,11,18H,9-10,12-13,22H2,1H3. The molecule has 0 bridgehead atoms. The Bertz CT molecular complexity index is 697. The van der Waals surface area contributed by atoms with Gasteiger partial charge in [0.05, 0.1) is 6.61 Å². The minimum absolute atomic E-state index is 0.103. The fraction of sp³-hybridized carbons (Fsp3) is 0.316. The van der Waals surface area contributed by atoms with Crippen LogP contribution in [0.4, 0.5) is 4.39 Å². The van der Waals surface area contributed by atoms with E-state index in [-0.39, 0.29) is 24.9 Å². The largest absolute Gasteiger partial charge is 0.383 e. The second-order valence-electron chi connectivity index (χ2n) is 5.77. The van der Waals surface area contributed by atoms with Crippen LogP contribution in [0.2, 0.25) is 5.02 Å². The van der Waals surface area contributed by atoms with Crippen LogP contribution in [0.3, 0.4) is 0 Å². The van der Waals surface area contributed by atoms with Crippen molar-refractivity contribution in [3.63, 3.8) is 0 Å². The molecular formula is C19H22ClFN2O2. The molecule has 0 saturated heterocycles. The van der Waals surface area contributed by atoms with E-state index in [0.717, 1.165) is 5.56 Å². The fourth-order valence-electron chi connectivity index (χ4n) is 2.48. The molecule has 1 unspecified atom stereocenters. The number of ether oxygens (including phenoxy) is 1. The minimum atomic E-state index is -0.408. The van der Waals surface area contributed by atoms with Crippen molar-refractivity contribution in [3.8, 4) is 0 Å². The highest BCUT2D eigenvalue weighted by molar-refractivity contribution is 6.31. The van der Waals surface area contributed by atoms with E-state index in [2.05, 4.69) is 0 Å². The predicted molar refractivity (Wildman–Crippen MR) is 96.7 cm³/mol. The van der Waals surface area contributed by atoms with Crippen LogP contribution >= 0.6 is 11.6 Å². The van der Waals surface area contributed by atoms with Crippen LogP contribution in [0.25, 0.3) is 0 Å². The lowest BCUT2D eigenvalue weighted by Gasteiger charge is -2.24. The quantitative estimate of drug-likeness (QED) is 0.779. The maximum atomic E-state index is 13.2. The molecule has 0 aliphatic rings. The number of hydrogen-bond donors (Lipinski definition) is 1. The molecule has 0 spiro atoms. The van der Waals surface area contributed by atoms with Crippen LogP contribution in [0.1, 0.15) is 23.6 Å². The number of amides is 1. The smallest absolute Gasteiger partial charge is 0.224 e. The molecule has 0 heterocycles. The van der Waals surface area contributed by atoms with Crippen LogP contribution in [0.15, 0.2) is 48.5 Å². The van der Waals surface area contributed by atoms with Gasteiger partial charge in [-0.05, 0) is 23.3 Å². The van der Waals surface area contributed by atoms with Crippen LogP contribution in [0.5, 0.6) is 0 Å². The van der Waals surface area contributed by atoms with Gasteiger partial charge < -0.3 is 15.4 Å². The first-order valence-electron chi connectivity index (χ1n) is 8.02. The van der Waals surface area contributed by atoms with E-state index in [1.807, 2.05) is 30.3 Å². The molecule has 0 aromatic heterocycles. The topological polar surface area (TPSA) is 55.6 Å². The first kappa shape index (κ1) is 19.4. The van der Waals surface area contributed by atoms with Crippen molar-refractivity contribution in [2.45, 2.75) is 19.0 Å². The number of benzene rings is 2. The lowest BCUT2D eigenvalue weighted by atomic mass is 10.0. The van der Waals surface area contributed by atoms with E-state index < -0.39 is 5.82 Å². The van der Waals surface area contributed by atoms with Gasteiger partial charge in [0.2, 0.25) is 5.91 Å². The first-order valence-corrected chi connectivity index (χ1v) is 8.40. The van der Waals surface area contributed by atoms with E-state index in [1.54, 1.807) is 18.1 Å². The van der Waals surface area contributed by atoms with Crippen molar-refractivity contribution in [2.75, 3.05) is 20.3 Å². The summed E-state index contributed by atoms with van der Waals surface area (Å²) >= 11 is 6.08. The molecule has 2 N–H and O–H groups in total. The average molecular weight is 365 g/mol. The molecule has 0 aliphatic carbocycles. The molecule has 0 aliphatic heterocycles. The highest BCUT2D eigenvalue weighted by atomic mass is 35.5. The van der Waals surface area contributed by atoms with Crippen molar-refractivity contribution in [3.05, 3.63) is 70.5 Å². The number of nitrogens with two attached hydrogens (primary N) is 1. The summed E-state index contributed by atoms with van der Waals surface area (Å²) in [6.45, 7) is 1.08. The number of halogens is 2. The first-order chi connectivity index (χ1) is 12.0. The third kappa shape index (κ3) is 5.81. The summed E-state index contributed by atoms with van der Waals surface area (Å²) < 4.78 is 18.3. The zero-order valence-corrected chi connectivity index (χ0v) is 14.9. The van der Waals surface area contributed by atoms with Crippen molar-refractivity contribution in [2.24, 2.45) is 5.73 Å². The molecular weight excluding hydrogens is 343 g/mol. The Morgan fingerprint density at radius 3 is 2.64 bits per heavy atom. The maximum Gasteiger partial charge on any atom is 0.224 e. The number of methoxy groups -OCH3 is 1. The van der Waals surface area contributed by atoms with Crippen molar-refractivity contribution < 1.29 is 13.9 Å². The summed E-state index contributed by atoms with van der Waals surface area (Å²) in [7, 11) is 1.57. The van der Waals surface area contributed by atoms with Crippen LogP contribution in [-0.4, -0.2) is 31.1 Å². The molecule has 1 atom stereocenters. The molecule has 0 fully saturated rings. The Balaban J connectivity index is 2.08.